The van der Waals surface area contributed by atoms with Crippen molar-refractivity contribution >= 4 is 21.8 Å². The summed E-state index contributed by atoms with van der Waals surface area (Å²) in [5.41, 5.74) is 3.14. The normalized spacial score (nSPS) is 11.9. The van der Waals surface area contributed by atoms with Crippen LogP contribution in [0.1, 0.15) is 30.9 Å². The van der Waals surface area contributed by atoms with Gasteiger partial charge in [-0.25, -0.2) is 13.1 Å². The van der Waals surface area contributed by atoms with E-state index in [9.17, 15) is 8.42 Å². The van der Waals surface area contributed by atoms with Crippen molar-refractivity contribution in [2.45, 2.75) is 36.7 Å². The van der Waals surface area contributed by atoms with E-state index in [-0.39, 0.29) is 11.4 Å². The maximum absolute atomic E-state index is 12.3. The van der Waals surface area contributed by atoms with E-state index in [1.807, 2.05) is 19.1 Å². The molecule has 0 radical (unpaired) electrons. The van der Waals surface area contributed by atoms with Crippen molar-refractivity contribution in [3.63, 3.8) is 0 Å². The summed E-state index contributed by atoms with van der Waals surface area (Å²) in [5.74, 6) is 0.966. The first-order valence-corrected chi connectivity index (χ1v) is 11.4. The zero-order valence-electron chi connectivity index (χ0n) is 16.0. The van der Waals surface area contributed by atoms with Gasteiger partial charge in [-0.15, -0.1) is 5.10 Å². The fraction of sp³-hybridized carbons (Fsp3) is 0.316. The molecule has 0 amide bonds. The topological polar surface area (TPSA) is 89.8 Å². The summed E-state index contributed by atoms with van der Waals surface area (Å²) >= 11 is 1.40. The Hall–Kier alpha value is -2.23. The van der Waals surface area contributed by atoms with Gasteiger partial charge in [-0.1, -0.05) is 55.4 Å². The molecular formula is C19H23N5O2S2. The molecule has 0 saturated carbocycles. The van der Waals surface area contributed by atoms with Crippen molar-refractivity contribution in [1.82, 2.24) is 24.9 Å². The first-order valence-electron chi connectivity index (χ1n) is 8.94. The van der Waals surface area contributed by atoms with Crippen molar-refractivity contribution in [2.24, 2.45) is 0 Å². The van der Waals surface area contributed by atoms with Crippen LogP contribution in [0.25, 0.3) is 5.69 Å². The Kier molecular flexibility index (Phi) is 6.48. The van der Waals surface area contributed by atoms with Crippen LogP contribution in [0.2, 0.25) is 0 Å². The van der Waals surface area contributed by atoms with Gasteiger partial charge in [0.05, 0.1) is 10.6 Å². The van der Waals surface area contributed by atoms with Gasteiger partial charge < -0.3 is 0 Å². The Labute approximate surface area is 169 Å². The summed E-state index contributed by atoms with van der Waals surface area (Å²) in [6.07, 6.45) is 0. The van der Waals surface area contributed by atoms with Gasteiger partial charge in [0.15, 0.2) is 0 Å². The molecule has 148 valence electrons. The summed E-state index contributed by atoms with van der Waals surface area (Å²) < 4.78 is 28.9. The maximum Gasteiger partial charge on any atom is 0.240 e. The number of nitrogens with one attached hydrogen (secondary N) is 1. The predicted molar refractivity (Wildman–Crippen MR) is 110 cm³/mol. The summed E-state index contributed by atoms with van der Waals surface area (Å²) in [6, 6.07) is 14.9. The number of sulfonamides is 1. The predicted octanol–water partition coefficient (Wildman–Crippen LogP) is 3.16. The van der Waals surface area contributed by atoms with Crippen molar-refractivity contribution in [1.29, 1.82) is 0 Å². The van der Waals surface area contributed by atoms with Gasteiger partial charge in [-0.05, 0) is 53.1 Å². The number of thioether (sulfide) groups is 1. The number of aromatic nitrogens is 4. The molecule has 0 fully saturated rings. The minimum atomic E-state index is -3.52. The minimum absolute atomic E-state index is 0.262. The van der Waals surface area contributed by atoms with Gasteiger partial charge >= 0.3 is 0 Å². The van der Waals surface area contributed by atoms with Crippen LogP contribution in [0.4, 0.5) is 0 Å². The second-order valence-corrected chi connectivity index (χ2v) is 9.51. The first kappa shape index (κ1) is 20.5. The Morgan fingerprint density at radius 2 is 1.75 bits per heavy atom. The van der Waals surface area contributed by atoms with Gasteiger partial charge in [0.25, 0.3) is 0 Å². The third-order valence-corrected chi connectivity index (χ3v) is 6.60. The average molecular weight is 418 g/mol. The lowest BCUT2D eigenvalue weighted by molar-refractivity contribution is 0.584. The van der Waals surface area contributed by atoms with E-state index in [2.05, 4.69) is 46.2 Å². The molecule has 7 nitrogen and oxygen atoms in total. The SMILES string of the molecule is Cc1ccc(S(=O)(=O)NCCSc2nnnn2-c2ccc(C(C)C)cc2)cc1. The molecule has 0 spiro atoms. The standard InChI is InChI=1S/C19H23N5O2S2/c1-14(2)16-6-8-17(9-7-16)24-19(21-22-23-24)27-13-12-20-28(25,26)18-10-4-15(3)5-11-18/h4-11,14,20H,12-13H2,1-3H3. The minimum Gasteiger partial charge on any atom is -0.210 e. The van der Waals surface area contributed by atoms with Crippen LogP contribution >= 0.6 is 11.8 Å². The molecule has 3 rings (SSSR count). The third kappa shape index (κ3) is 4.98. The quantitative estimate of drug-likeness (QED) is 0.447. The van der Waals surface area contributed by atoms with Gasteiger partial charge in [0, 0.05) is 12.3 Å². The molecule has 0 aliphatic carbocycles. The van der Waals surface area contributed by atoms with E-state index in [4.69, 9.17) is 0 Å². The molecule has 1 N–H and O–H groups in total. The van der Waals surface area contributed by atoms with Gasteiger partial charge in [-0.2, -0.15) is 4.68 Å². The van der Waals surface area contributed by atoms with E-state index in [0.29, 0.717) is 16.8 Å². The molecule has 0 saturated heterocycles. The van der Waals surface area contributed by atoms with Crippen LogP contribution in [0.3, 0.4) is 0 Å². The number of nitrogens with zero attached hydrogens (tertiary/aromatic N) is 4. The Morgan fingerprint density at radius 1 is 1.07 bits per heavy atom. The van der Waals surface area contributed by atoms with Gasteiger partial charge in [0.1, 0.15) is 0 Å². The Morgan fingerprint density at radius 3 is 2.39 bits per heavy atom. The lowest BCUT2D eigenvalue weighted by atomic mass is 10.0. The molecule has 28 heavy (non-hydrogen) atoms. The number of aryl methyl sites for hydroxylation is 1. The molecule has 1 aromatic heterocycles. The fourth-order valence-corrected chi connectivity index (χ4v) is 4.46. The number of benzene rings is 2. The summed E-state index contributed by atoms with van der Waals surface area (Å²) in [6.45, 7) is 6.48. The fourth-order valence-electron chi connectivity index (χ4n) is 2.55. The molecule has 0 bridgehead atoms. The van der Waals surface area contributed by atoms with Crippen molar-refractivity contribution < 1.29 is 8.42 Å². The smallest absolute Gasteiger partial charge is 0.210 e. The summed E-state index contributed by atoms with van der Waals surface area (Å²) in [4.78, 5) is 0.262. The van der Waals surface area contributed by atoms with Crippen molar-refractivity contribution in [2.75, 3.05) is 12.3 Å². The maximum atomic E-state index is 12.3. The van der Waals surface area contributed by atoms with Crippen LogP contribution in [-0.2, 0) is 10.0 Å². The lowest BCUT2D eigenvalue weighted by Crippen LogP contribution is -2.26. The Balaban J connectivity index is 1.59. The lowest BCUT2D eigenvalue weighted by Gasteiger charge is -2.08. The summed E-state index contributed by atoms with van der Waals surface area (Å²) in [7, 11) is -3.52. The van der Waals surface area contributed by atoms with E-state index < -0.39 is 10.0 Å². The molecule has 0 aliphatic rings. The number of hydrogen-bond acceptors (Lipinski definition) is 6. The van der Waals surface area contributed by atoms with Gasteiger partial charge in [0.2, 0.25) is 15.2 Å². The van der Waals surface area contributed by atoms with E-state index in [0.717, 1.165) is 11.3 Å². The van der Waals surface area contributed by atoms with Crippen LogP contribution < -0.4 is 4.72 Å². The van der Waals surface area contributed by atoms with E-state index in [1.54, 1.807) is 28.9 Å². The highest BCUT2D eigenvalue weighted by Crippen LogP contribution is 2.20. The van der Waals surface area contributed by atoms with E-state index >= 15 is 0 Å². The zero-order valence-corrected chi connectivity index (χ0v) is 17.7. The number of hydrogen-bond donors (Lipinski definition) is 1. The van der Waals surface area contributed by atoms with Crippen molar-refractivity contribution in [3.8, 4) is 5.69 Å². The summed E-state index contributed by atoms with van der Waals surface area (Å²) in [5, 5.41) is 12.4. The second kappa shape index (κ2) is 8.85. The van der Waals surface area contributed by atoms with Crippen LogP contribution in [0, 0.1) is 6.92 Å². The number of tetrazole rings is 1. The molecular weight excluding hydrogens is 394 g/mol. The highest BCUT2D eigenvalue weighted by atomic mass is 32.2. The monoisotopic (exact) mass is 417 g/mol. The zero-order chi connectivity index (χ0) is 20.1. The van der Waals surface area contributed by atoms with Crippen LogP contribution in [0.5, 0.6) is 0 Å². The van der Waals surface area contributed by atoms with Crippen LogP contribution in [0.15, 0.2) is 58.6 Å². The highest BCUT2D eigenvalue weighted by Gasteiger charge is 2.14. The van der Waals surface area contributed by atoms with Crippen molar-refractivity contribution in [3.05, 3.63) is 59.7 Å². The molecule has 0 atom stereocenters. The second-order valence-electron chi connectivity index (χ2n) is 6.68. The molecule has 0 unspecified atom stereocenters. The number of rotatable bonds is 8. The largest absolute Gasteiger partial charge is 0.240 e. The molecule has 1 heterocycles. The molecule has 3 aromatic rings. The Bertz CT molecular complexity index is 1010. The average Bonchev–Trinajstić information content (AvgIpc) is 3.14. The molecule has 0 aliphatic heterocycles. The molecule has 9 heteroatoms. The third-order valence-electron chi connectivity index (χ3n) is 4.20. The van der Waals surface area contributed by atoms with E-state index in [1.165, 1.54) is 17.3 Å². The van der Waals surface area contributed by atoms with Gasteiger partial charge in [-0.3, -0.25) is 0 Å². The highest BCUT2D eigenvalue weighted by molar-refractivity contribution is 7.99. The first-order chi connectivity index (χ1) is 13.4. The molecule has 2 aromatic carbocycles. The van der Waals surface area contributed by atoms with Crippen LogP contribution in [-0.4, -0.2) is 40.9 Å².